The van der Waals surface area contributed by atoms with E-state index in [1.807, 2.05) is 18.2 Å². The minimum atomic E-state index is 0.619. The lowest BCUT2D eigenvalue weighted by atomic mass is 10.3. The Labute approximate surface area is 112 Å². The maximum absolute atomic E-state index is 5.84. The molecule has 0 radical (unpaired) electrons. The highest BCUT2D eigenvalue weighted by Gasteiger charge is 2.36. The summed E-state index contributed by atoms with van der Waals surface area (Å²) in [5, 5.41) is 3.28. The average Bonchev–Trinajstić information content (AvgIpc) is 3.00. The second kappa shape index (κ2) is 4.96. The Bertz CT molecular complexity index is 548. The number of furan rings is 1. The Morgan fingerprint density at radius 1 is 1.37 bits per heavy atom. The summed E-state index contributed by atoms with van der Waals surface area (Å²) in [5.74, 6) is 4.12. The van der Waals surface area contributed by atoms with E-state index in [0.29, 0.717) is 18.3 Å². The third-order valence-electron chi connectivity index (χ3n) is 3.57. The smallest absolute Gasteiger partial charge is 0.213 e. The molecule has 1 N–H and O–H groups in total. The molecule has 19 heavy (non-hydrogen) atoms. The Morgan fingerprint density at radius 3 is 2.84 bits per heavy atom. The Kier molecular flexibility index (Phi) is 3.15. The number of nitrogens with zero attached hydrogens (tertiary/aromatic N) is 1. The molecule has 2 aromatic heterocycles. The van der Waals surface area contributed by atoms with Gasteiger partial charge < -0.3 is 14.5 Å². The molecular formula is C15H18N2O2. The third kappa shape index (κ3) is 2.72. The zero-order valence-electron chi connectivity index (χ0n) is 11.2. The van der Waals surface area contributed by atoms with Gasteiger partial charge in [-0.05, 0) is 30.5 Å². The Hall–Kier alpha value is -1.97. The first-order valence-electron chi connectivity index (χ1n) is 6.59. The van der Waals surface area contributed by atoms with Crippen molar-refractivity contribution >= 4 is 5.69 Å². The van der Waals surface area contributed by atoms with Crippen LogP contribution in [0.4, 0.5) is 5.69 Å². The standard InChI is InChI=1S/C15H18N2O2/c1-10-7-13(10)14-5-4-12(19-14)9-16-11-3-6-15(18-2)17-8-11/h3-6,8,10,13,16H,7,9H2,1-2H3. The van der Waals surface area contributed by atoms with Crippen LogP contribution in [0.15, 0.2) is 34.9 Å². The van der Waals surface area contributed by atoms with E-state index in [2.05, 4.69) is 23.3 Å². The van der Waals surface area contributed by atoms with Crippen LogP contribution in [0.3, 0.4) is 0 Å². The summed E-state index contributed by atoms with van der Waals surface area (Å²) >= 11 is 0. The Balaban J connectivity index is 1.57. The molecule has 4 nitrogen and oxygen atoms in total. The molecule has 1 aliphatic carbocycles. The van der Waals surface area contributed by atoms with Crippen LogP contribution in [0.25, 0.3) is 0 Å². The number of hydrogen-bond donors (Lipinski definition) is 1. The van der Waals surface area contributed by atoms with Gasteiger partial charge in [-0.2, -0.15) is 0 Å². The van der Waals surface area contributed by atoms with Crippen molar-refractivity contribution in [1.29, 1.82) is 0 Å². The van der Waals surface area contributed by atoms with Crippen LogP contribution in [0, 0.1) is 5.92 Å². The highest BCUT2D eigenvalue weighted by atomic mass is 16.5. The lowest BCUT2D eigenvalue weighted by Gasteiger charge is -2.04. The van der Waals surface area contributed by atoms with Crippen LogP contribution in [0.5, 0.6) is 5.88 Å². The van der Waals surface area contributed by atoms with Gasteiger partial charge in [0, 0.05) is 12.0 Å². The topological polar surface area (TPSA) is 47.3 Å². The van der Waals surface area contributed by atoms with Gasteiger partial charge in [-0.15, -0.1) is 0 Å². The molecule has 100 valence electrons. The summed E-state index contributed by atoms with van der Waals surface area (Å²) in [6, 6.07) is 7.92. The van der Waals surface area contributed by atoms with Crippen LogP contribution in [0.1, 0.15) is 30.8 Å². The molecule has 2 atom stereocenters. The molecule has 2 heterocycles. The first-order valence-corrected chi connectivity index (χ1v) is 6.59. The number of pyridine rings is 1. The molecule has 2 aromatic rings. The highest BCUT2D eigenvalue weighted by Crippen LogP contribution is 2.47. The molecule has 0 bridgehead atoms. The van der Waals surface area contributed by atoms with E-state index < -0.39 is 0 Å². The van der Waals surface area contributed by atoms with Gasteiger partial charge >= 0.3 is 0 Å². The fraction of sp³-hybridized carbons (Fsp3) is 0.400. The van der Waals surface area contributed by atoms with Gasteiger partial charge in [0.25, 0.3) is 0 Å². The van der Waals surface area contributed by atoms with Crippen LogP contribution < -0.4 is 10.1 Å². The zero-order chi connectivity index (χ0) is 13.2. The zero-order valence-corrected chi connectivity index (χ0v) is 11.2. The Morgan fingerprint density at radius 2 is 2.21 bits per heavy atom. The molecule has 1 fully saturated rings. The quantitative estimate of drug-likeness (QED) is 0.892. The first-order chi connectivity index (χ1) is 9.26. The van der Waals surface area contributed by atoms with E-state index in [0.717, 1.165) is 23.1 Å². The average molecular weight is 258 g/mol. The molecule has 4 heteroatoms. The van der Waals surface area contributed by atoms with Gasteiger partial charge in [0.15, 0.2) is 0 Å². The van der Waals surface area contributed by atoms with E-state index >= 15 is 0 Å². The van der Waals surface area contributed by atoms with E-state index in [1.54, 1.807) is 13.3 Å². The van der Waals surface area contributed by atoms with Crippen LogP contribution in [-0.4, -0.2) is 12.1 Å². The van der Waals surface area contributed by atoms with Crippen molar-refractivity contribution in [1.82, 2.24) is 4.98 Å². The molecule has 1 aliphatic rings. The first kappa shape index (κ1) is 12.1. The van der Waals surface area contributed by atoms with Gasteiger partial charge in [-0.1, -0.05) is 6.92 Å². The lowest BCUT2D eigenvalue weighted by Crippen LogP contribution is -1.98. The normalized spacial score (nSPS) is 21.2. The molecule has 0 aromatic carbocycles. The van der Waals surface area contributed by atoms with Crippen molar-refractivity contribution < 1.29 is 9.15 Å². The second-order valence-electron chi connectivity index (χ2n) is 5.07. The molecule has 0 spiro atoms. The van der Waals surface area contributed by atoms with Gasteiger partial charge in [-0.25, -0.2) is 4.98 Å². The SMILES string of the molecule is COc1ccc(NCc2ccc(C3CC3C)o2)cn1. The maximum Gasteiger partial charge on any atom is 0.213 e. The summed E-state index contributed by atoms with van der Waals surface area (Å²) in [7, 11) is 1.61. The van der Waals surface area contributed by atoms with E-state index in [-0.39, 0.29) is 0 Å². The summed E-state index contributed by atoms with van der Waals surface area (Å²) in [5.41, 5.74) is 0.957. The van der Waals surface area contributed by atoms with Gasteiger partial charge in [-0.3, -0.25) is 0 Å². The second-order valence-corrected chi connectivity index (χ2v) is 5.07. The van der Waals surface area contributed by atoms with Gasteiger partial charge in [0.05, 0.1) is 25.5 Å². The van der Waals surface area contributed by atoms with E-state index in [4.69, 9.17) is 9.15 Å². The van der Waals surface area contributed by atoms with Gasteiger partial charge in [0.1, 0.15) is 11.5 Å². The summed E-state index contributed by atoms with van der Waals surface area (Å²) in [4.78, 5) is 4.15. The highest BCUT2D eigenvalue weighted by molar-refractivity contribution is 5.42. The lowest BCUT2D eigenvalue weighted by molar-refractivity contribution is 0.398. The van der Waals surface area contributed by atoms with Crippen LogP contribution in [-0.2, 0) is 6.54 Å². The van der Waals surface area contributed by atoms with Crippen molar-refractivity contribution in [2.75, 3.05) is 12.4 Å². The van der Waals surface area contributed by atoms with Crippen molar-refractivity contribution in [3.05, 3.63) is 42.0 Å². The third-order valence-corrected chi connectivity index (χ3v) is 3.57. The van der Waals surface area contributed by atoms with Crippen molar-refractivity contribution in [2.24, 2.45) is 5.92 Å². The number of hydrogen-bond acceptors (Lipinski definition) is 4. The fourth-order valence-corrected chi connectivity index (χ4v) is 2.20. The van der Waals surface area contributed by atoms with Crippen molar-refractivity contribution in [2.45, 2.75) is 25.8 Å². The molecular weight excluding hydrogens is 240 g/mol. The van der Waals surface area contributed by atoms with Crippen LogP contribution in [0.2, 0.25) is 0 Å². The predicted molar refractivity (Wildman–Crippen MR) is 73.3 cm³/mol. The number of ether oxygens (including phenoxy) is 1. The molecule has 0 saturated heterocycles. The fourth-order valence-electron chi connectivity index (χ4n) is 2.20. The predicted octanol–water partition coefficient (Wildman–Crippen LogP) is 3.42. The number of anilines is 1. The minimum Gasteiger partial charge on any atom is -0.481 e. The summed E-state index contributed by atoms with van der Waals surface area (Å²) in [6.07, 6.45) is 3.01. The number of aromatic nitrogens is 1. The molecule has 0 amide bonds. The molecule has 0 aliphatic heterocycles. The molecule has 1 saturated carbocycles. The summed E-state index contributed by atoms with van der Waals surface area (Å²) < 4.78 is 10.9. The maximum atomic E-state index is 5.84. The van der Waals surface area contributed by atoms with Crippen molar-refractivity contribution in [3.8, 4) is 5.88 Å². The van der Waals surface area contributed by atoms with Gasteiger partial charge in [0.2, 0.25) is 5.88 Å². The molecule has 2 unspecified atom stereocenters. The van der Waals surface area contributed by atoms with E-state index in [1.165, 1.54) is 6.42 Å². The van der Waals surface area contributed by atoms with Crippen LogP contribution >= 0.6 is 0 Å². The van der Waals surface area contributed by atoms with E-state index in [9.17, 15) is 0 Å². The number of rotatable bonds is 5. The monoisotopic (exact) mass is 258 g/mol. The minimum absolute atomic E-state index is 0.619. The van der Waals surface area contributed by atoms with Crippen molar-refractivity contribution in [3.63, 3.8) is 0 Å². The number of nitrogens with one attached hydrogen (secondary N) is 1. The summed E-state index contributed by atoms with van der Waals surface area (Å²) in [6.45, 7) is 2.93. The molecule has 3 rings (SSSR count). The largest absolute Gasteiger partial charge is 0.481 e. The number of methoxy groups -OCH3 is 1.